The molecule has 2 aliphatic rings. The van der Waals surface area contributed by atoms with Crippen molar-refractivity contribution in [2.45, 2.75) is 68.5 Å². The highest BCUT2D eigenvalue weighted by Crippen LogP contribution is 2.32. The number of halogens is 7. The molecule has 2 N–H and O–H groups in total. The van der Waals surface area contributed by atoms with Crippen LogP contribution in [0.1, 0.15) is 50.5 Å². The van der Waals surface area contributed by atoms with Crippen LogP contribution < -0.4 is 10.0 Å². The number of nitrogens with one attached hydrogen (secondary N) is 2. The van der Waals surface area contributed by atoms with Crippen LogP contribution >= 0.6 is 12.4 Å². The van der Waals surface area contributed by atoms with Crippen molar-refractivity contribution >= 4 is 28.1 Å². The predicted octanol–water partition coefficient (Wildman–Crippen LogP) is 5.43. The predicted molar refractivity (Wildman–Crippen MR) is 125 cm³/mol. The first-order chi connectivity index (χ1) is 15.9. The van der Waals surface area contributed by atoms with Gasteiger partial charge in [-0.25, -0.2) is 17.5 Å². The summed E-state index contributed by atoms with van der Waals surface area (Å²) in [5.74, 6) is 0.364. The van der Waals surface area contributed by atoms with E-state index in [0.29, 0.717) is 37.3 Å². The zero-order chi connectivity index (χ0) is 25.0. The van der Waals surface area contributed by atoms with Crippen molar-refractivity contribution in [1.82, 2.24) is 9.62 Å². The third-order valence-corrected chi connectivity index (χ3v) is 8.26. The van der Waals surface area contributed by atoms with E-state index >= 15 is 0 Å². The van der Waals surface area contributed by atoms with Gasteiger partial charge in [0.2, 0.25) is 0 Å². The van der Waals surface area contributed by atoms with Crippen molar-refractivity contribution < 1.29 is 34.8 Å². The van der Waals surface area contributed by atoms with Crippen molar-refractivity contribution in [3.8, 4) is 0 Å². The molecule has 202 valence electrons. The molecule has 0 radical (unpaired) electrons. The third kappa shape index (κ3) is 8.40. The zero-order valence-electron chi connectivity index (χ0n) is 19.2. The number of benzene rings is 1. The van der Waals surface area contributed by atoms with Gasteiger partial charge in [-0.1, -0.05) is 6.07 Å². The minimum Gasteiger partial charge on any atom is -0.382 e. The van der Waals surface area contributed by atoms with Gasteiger partial charge in [0.05, 0.1) is 5.56 Å². The summed E-state index contributed by atoms with van der Waals surface area (Å²) in [7, 11) is -5.02. The van der Waals surface area contributed by atoms with Gasteiger partial charge in [0.15, 0.2) is 6.67 Å². The lowest BCUT2D eigenvalue weighted by molar-refractivity contribution is -0.137. The number of hydrogen-bond donors (Lipinski definition) is 2. The van der Waals surface area contributed by atoms with Crippen LogP contribution in [0.3, 0.4) is 0 Å². The molecule has 1 saturated carbocycles. The van der Waals surface area contributed by atoms with E-state index in [4.69, 9.17) is 0 Å². The Bertz CT molecular complexity index is 903. The molecule has 1 heterocycles. The van der Waals surface area contributed by atoms with Gasteiger partial charge in [0.25, 0.3) is 10.0 Å². The van der Waals surface area contributed by atoms with E-state index in [9.17, 15) is 34.8 Å². The molecule has 1 aliphatic heterocycles. The second-order valence-electron chi connectivity index (χ2n) is 9.24. The molecule has 1 aromatic rings. The summed E-state index contributed by atoms with van der Waals surface area (Å²) < 4.78 is 103. The van der Waals surface area contributed by atoms with Crippen LogP contribution in [0.5, 0.6) is 0 Å². The molecule has 0 bridgehead atoms. The summed E-state index contributed by atoms with van der Waals surface area (Å²) in [6.07, 6.45) is 0.464. The molecule has 0 aromatic heterocycles. The van der Waals surface area contributed by atoms with Gasteiger partial charge in [-0.2, -0.15) is 22.0 Å². The molecule has 2 fully saturated rings. The van der Waals surface area contributed by atoms with Crippen LogP contribution in [0.4, 0.5) is 32.0 Å². The molecule has 13 heteroatoms. The Labute approximate surface area is 208 Å². The van der Waals surface area contributed by atoms with Crippen molar-refractivity contribution in [2.75, 3.05) is 31.6 Å². The molecular weight excluding hydrogens is 520 g/mol. The third-order valence-electron chi connectivity index (χ3n) is 6.72. The maximum Gasteiger partial charge on any atom is 0.416 e. The summed E-state index contributed by atoms with van der Waals surface area (Å²) in [6, 6.07) is 4.71. The standard InChI is InChI=1S/C22H31F6N3O2S.ClH/c23-15-21(24,25)34(32,33)30-19-6-4-16(5-7-19)8-11-31-12-9-18(10-13-31)29-20-3-1-2-17(14-20)22(26,27)28;/h1-3,14,16,18-19,29-30H,4-13,15H2;1H/t16-,19-;. The van der Waals surface area contributed by atoms with Gasteiger partial charge in [-0.05, 0) is 75.6 Å². The van der Waals surface area contributed by atoms with Gasteiger partial charge in [-0.15, -0.1) is 12.4 Å². The van der Waals surface area contributed by atoms with Crippen molar-refractivity contribution in [1.29, 1.82) is 0 Å². The Morgan fingerprint density at radius 3 is 2.14 bits per heavy atom. The van der Waals surface area contributed by atoms with E-state index in [2.05, 4.69) is 10.2 Å². The van der Waals surface area contributed by atoms with Crippen LogP contribution in [0.15, 0.2) is 24.3 Å². The smallest absolute Gasteiger partial charge is 0.382 e. The van der Waals surface area contributed by atoms with Crippen LogP contribution in [-0.2, 0) is 16.2 Å². The highest BCUT2D eigenvalue weighted by molar-refractivity contribution is 7.90. The van der Waals surface area contributed by atoms with Crippen molar-refractivity contribution in [3.63, 3.8) is 0 Å². The molecule has 3 rings (SSSR count). The summed E-state index contributed by atoms with van der Waals surface area (Å²) in [4.78, 5) is 2.31. The highest BCUT2D eigenvalue weighted by atomic mass is 35.5. The summed E-state index contributed by atoms with van der Waals surface area (Å²) in [5.41, 5.74) is -0.210. The van der Waals surface area contributed by atoms with Gasteiger partial charge in [0.1, 0.15) is 0 Å². The number of alkyl halides is 6. The minimum atomic E-state index is -5.02. The van der Waals surface area contributed by atoms with Crippen LogP contribution in [-0.4, -0.2) is 57.0 Å². The topological polar surface area (TPSA) is 61.4 Å². The first kappa shape index (κ1) is 30.0. The average molecular weight is 552 g/mol. The second kappa shape index (κ2) is 12.3. The molecule has 1 aliphatic carbocycles. The Kier molecular flexibility index (Phi) is 10.6. The lowest BCUT2D eigenvalue weighted by atomic mass is 9.84. The van der Waals surface area contributed by atoms with E-state index in [1.54, 1.807) is 6.07 Å². The van der Waals surface area contributed by atoms with Gasteiger partial charge in [-0.3, -0.25) is 0 Å². The fourth-order valence-corrected chi connectivity index (χ4v) is 5.62. The maximum absolute atomic E-state index is 13.2. The summed E-state index contributed by atoms with van der Waals surface area (Å²) in [6.45, 7) is 0.259. The molecule has 0 spiro atoms. The highest BCUT2D eigenvalue weighted by Gasteiger charge is 2.46. The quantitative estimate of drug-likeness (QED) is 0.402. The van der Waals surface area contributed by atoms with Gasteiger partial charge in [0, 0.05) is 30.9 Å². The molecule has 0 unspecified atom stereocenters. The van der Waals surface area contributed by atoms with E-state index in [-0.39, 0.29) is 18.4 Å². The molecule has 1 saturated heterocycles. The van der Waals surface area contributed by atoms with E-state index < -0.39 is 39.7 Å². The van der Waals surface area contributed by atoms with E-state index in [1.807, 2.05) is 4.72 Å². The average Bonchev–Trinajstić information content (AvgIpc) is 2.79. The first-order valence-corrected chi connectivity index (χ1v) is 13.0. The fourth-order valence-electron chi connectivity index (χ4n) is 4.63. The molecule has 1 aromatic carbocycles. The Morgan fingerprint density at radius 1 is 0.943 bits per heavy atom. The SMILES string of the molecule is Cl.O=S(=O)(N[C@H]1CC[C@H](CCN2CCC(Nc3cccc(C(F)(F)F)c3)CC2)CC1)C(F)(F)CF. The molecular formula is C22H32ClF6N3O2S. The molecule has 35 heavy (non-hydrogen) atoms. The fraction of sp³-hybridized carbons (Fsp3) is 0.727. The largest absolute Gasteiger partial charge is 0.416 e. The normalized spacial score (nSPS) is 23.0. The lowest BCUT2D eigenvalue weighted by Gasteiger charge is -2.35. The number of piperidine rings is 1. The van der Waals surface area contributed by atoms with E-state index in [1.165, 1.54) is 6.07 Å². The first-order valence-electron chi connectivity index (χ1n) is 11.5. The number of nitrogens with zero attached hydrogens (tertiary/aromatic N) is 1. The van der Waals surface area contributed by atoms with Gasteiger partial charge >= 0.3 is 11.4 Å². The van der Waals surface area contributed by atoms with Gasteiger partial charge < -0.3 is 10.2 Å². The van der Waals surface area contributed by atoms with Crippen LogP contribution in [0.2, 0.25) is 0 Å². The summed E-state index contributed by atoms with van der Waals surface area (Å²) >= 11 is 0. The number of sulfonamides is 1. The van der Waals surface area contributed by atoms with Crippen LogP contribution in [0.25, 0.3) is 0 Å². The lowest BCUT2D eigenvalue weighted by Crippen LogP contribution is -2.47. The van der Waals surface area contributed by atoms with E-state index in [0.717, 1.165) is 51.0 Å². The Hall–Kier alpha value is -1.24. The molecule has 5 nitrogen and oxygen atoms in total. The number of anilines is 1. The monoisotopic (exact) mass is 551 g/mol. The number of likely N-dealkylation sites (tertiary alicyclic amines) is 1. The second-order valence-corrected chi connectivity index (χ2v) is 11.1. The maximum atomic E-state index is 13.2. The minimum absolute atomic E-state index is 0. The van der Waals surface area contributed by atoms with Crippen molar-refractivity contribution in [2.24, 2.45) is 5.92 Å². The van der Waals surface area contributed by atoms with Crippen molar-refractivity contribution in [3.05, 3.63) is 29.8 Å². The molecule has 0 amide bonds. The zero-order valence-corrected chi connectivity index (χ0v) is 20.8. The number of rotatable bonds is 9. The Morgan fingerprint density at radius 2 is 1.57 bits per heavy atom. The summed E-state index contributed by atoms with van der Waals surface area (Å²) in [5, 5.41) is -1.21. The van der Waals surface area contributed by atoms with Crippen LogP contribution in [0, 0.1) is 5.92 Å². The number of hydrogen-bond acceptors (Lipinski definition) is 4. The molecule has 0 atom stereocenters. The Balaban J connectivity index is 0.00000432.